The molecule has 0 fully saturated rings. The highest BCUT2D eigenvalue weighted by Crippen LogP contribution is 2.21. The Balaban J connectivity index is 2.05. The molecule has 1 atom stereocenters. The smallest absolute Gasteiger partial charge is 0.118 e. The summed E-state index contributed by atoms with van der Waals surface area (Å²) >= 11 is 0. The predicted octanol–water partition coefficient (Wildman–Crippen LogP) is 3.00. The lowest BCUT2D eigenvalue weighted by atomic mass is 9.99. The van der Waals surface area contributed by atoms with Crippen LogP contribution < -0.4 is 10.1 Å². The summed E-state index contributed by atoms with van der Waals surface area (Å²) in [6.45, 7) is 4.31. The molecule has 0 spiro atoms. The van der Waals surface area contributed by atoms with E-state index in [2.05, 4.69) is 34.6 Å². The third kappa shape index (κ3) is 5.13. The minimum Gasteiger partial charge on any atom is -0.497 e. The number of aromatic nitrogens is 1. The fraction of sp³-hybridized carbons (Fsp3) is 0.389. The molecule has 1 N–H and O–H groups in total. The summed E-state index contributed by atoms with van der Waals surface area (Å²) in [7, 11) is 1.68. The Morgan fingerprint density at radius 3 is 2.45 bits per heavy atom. The molecule has 1 unspecified atom stereocenters. The average Bonchev–Trinajstić information content (AvgIpc) is 2.59. The zero-order valence-corrected chi connectivity index (χ0v) is 13.3. The number of benzene rings is 1. The molecule has 1 aromatic carbocycles. The largest absolute Gasteiger partial charge is 0.497 e. The van der Waals surface area contributed by atoms with Crippen LogP contribution in [-0.4, -0.2) is 31.9 Å². The van der Waals surface area contributed by atoms with Crippen LogP contribution >= 0.6 is 0 Å². The highest BCUT2D eigenvalue weighted by Gasteiger charge is 2.12. The van der Waals surface area contributed by atoms with Gasteiger partial charge in [0.15, 0.2) is 0 Å². The van der Waals surface area contributed by atoms with Crippen LogP contribution in [0.4, 0.5) is 0 Å². The Hall–Kier alpha value is -1.91. The normalized spacial score (nSPS) is 12.1. The van der Waals surface area contributed by atoms with Crippen molar-refractivity contribution in [1.82, 2.24) is 10.3 Å². The fourth-order valence-corrected chi connectivity index (χ4v) is 2.35. The third-order valence-electron chi connectivity index (χ3n) is 3.55. The van der Waals surface area contributed by atoms with E-state index in [0.717, 1.165) is 31.9 Å². The molecule has 1 heterocycles. The van der Waals surface area contributed by atoms with Gasteiger partial charge in [0.05, 0.1) is 13.7 Å². The lowest BCUT2D eigenvalue weighted by molar-refractivity contribution is 0.146. The van der Waals surface area contributed by atoms with Crippen molar-refractivity contribution in [3.8, 4) is 5.75 Å². The molecule has 0 amide bonds. The second kappa shape index (κ2) is 9.18. The van der Waals surface area contributed by atoms with Crippen molar-refractivity contribution in [2.75, 3.05) is 26.9 Å². The van der Waals surface area contributed by atoms with E-state index >= 15 is 0 Å². The molecule has 0 aliphatic heterocycles. The van der Waals surface area contributed by atoms with Crippen molar-refractivity contribution in [1.29, 1.82) is 0 Å². The molecule has 4 nitrogen and oxygen atoms in total. The lowest BCUT2D eigenvalue weighted by Gasteiger charge is -2.20. The molecule has 0 saturated carbocycles. The van der Waals surface area contributed by atoms with Crippen LogP contribution in [0.15, 0.2) is 48.8 Å². The molecule has 0 bridgehead atoms. The molecule has 2 rings (SSSR count). The van der Waals surface area contributed by atoms with Crippen LogP contribution in [-0.2, 0) is 11.2 Å². The maximum Gasteiger partial charge on any atom is 0.118 e. The SMILES string of the molecule is CCOCCNC(Cc1ccncc1)c1ccc(OC)cc1. The van der Waals surface area contributed by atoms with E-state index < -0.39 is 0 Å². The van der Waals surface area contributed by atoms with Gasteiger partial charge < -0.3 is 14.8 Å². The quantitative estimate of drug-likeness (QED) is 0.723. The molecule has 22 heavy (non-hydrogen) atoms. The lowest BCUT2D eigenvalue weighted by Crippen LogP contribution is -2.27. The second-order valence-corrected chi connectivity index (χ2v) is 5.04. The van der Waals surface area contributed by atoms with Crippen molar-refractivity contribution in [2.45, 2.75) is 19.4 Å². The van der Waals surface area contributed by atoms with Crippen LogP contribution in [0, 0.1) is 0 Å². The first-order valence-corrected chi connectivity index (χ1v) is 7.67. The van der Waals surface area contributed by atoms with Crippen LogP contribution in [0.5, 0.6) is 5.75 Å². The number of pyridine rings is 1. The number of methoxy groups -OCH3 is 1. The number of ether oxygens (including phenoxy) is 2. The van der Waals surface area contributed by atoms with E-state index in [1.54, 1.807) is 7.11 Å². The molecule has 0 aliphatic rings. The minimum absolute atomic E-state index is 0.244. The van der Waals surface area contributed by atoms with Gasteiger partial charge in [-0.05, 0) is 48.7 Å². The van der Waals surface area contributed by atoms with E-state index in [1.165, 1.54) is 11.1 Å². The topological polar surface area (TPSA) is 43.4 Å². The van der Waals surface area contributed by atoms with Gasteiger partial charge >= 0.3 is 0 Å². The number of rotatable bonds is 9. The molecule has 0 saturated heterocycles. The summed E-state index contributed by atoms with van der Waals surface area (Å²) in [6.07, 6.45) is 4.59. The predicted molar refractivity (Wildman–Crippen MR) is 88.2 cm³/mol. The number of hydrogen-bond acceptors (Lipinski definition) is 4. The van der Waals surface area contributed by atoms with Crippen molar-refractivity contribution in [2.24, 2.45) is 0 Å². The van der Waals surface area contributed by atoms with E-state index in [9.17, 15) is 0 Å². The van der Waals surface area contributed by atoms with E-state index in [4.69, 9.17) is 9.47 Å². The maximum absolute atomic E-state index is 5.41. The van der Waals surface area contributed by atoms with Gasteiger partial charge in [-0.1, -0.05) is 12.1 Å². The number of nitrogens with one attached hydrogen (secondary N) is 1. The van der Waals surface area contributed by atoms with Crippen molar-refractivity contribution >= 4 is 0 Å². The van der Waals surface area contributed by atoms with Crippen LogP contribution in [0.3, 0.4) is 0 Å². The summed E-state index contributed by atoms with van der Waals surface area (Å²) in [5.74, 6) is 0.876. The summed E-state index contributed by atoms with van der Waals surface area (Å²) in [4.78, 5) is 4.08. The summed E-state index contributed by atoms with van der Waals surface area (Å²) in [5.41, 5.74) is 2.51. The molecule has 118 valence electrons. The van der Waals surface area contributed by atoms with Crippen molar-refractivity contribution in [3.05, 3.63) is 59.9 Å². The van der Waals surface area contributed by atoms with Gasteiger partial charge in [0.1, 0.15) is 5.75 Å². The summed E-state index contributed by atoms with van der Waals surface area (Å²) in [5, 5.41) is 3.57. The highest BCUT2D eigenvalue weighted by molar-refractivity contribution is 5.30. The molecule has 2 aromatic rings. The van der Waals surface area contributed by atoms with Crippen LogP contribution in [0.1, 0.15) is 24.1 Å². The van der Waals surface area contributed by atoms with Crippen molar-refractivity contribution in [3.63, 3.8) is 0 Å². The Kier molecular flexibility index (Phi) is 6.87. The monoisotopic (exact) mass is 300 g/mol. The number of nitrogens with zero attached hydrogens (tertiary/aromatic N) is 1. The van der Waals surface area contributed by atoms with Gasteiger partial charge in [-0.15, -0.1) is 0 Å². The van der Waals surface area contributed by atoms with Crippen LogP contribution in [0.2, 0.25) is 0 Å². The molecule has 0 aliphatic carbocycles. The Bertz CT molecular complexity index is 529. The van der Waals surface area contributed by atoms with Crippen LogP contribution in [0.25, 0.3) is 0 Å². The second-order valence-electron chi connectivity index (χ2n) is 5.04. The average molecular weight is 300 g/mol. The Morgan fingerprint density at radius 1 is 1.09 bits per heavy atom. The molecule has 4 heteroatoms. The first-order valence-electron chi connectivity index (χ1n) is 7.67. The first kappa shape index (κ1) is 16.5. The zero-order chi connectivity index (χ0) is 15.6. The molecule has 1 aromatic heterocycles. The first-order chi connectivity index (χ1) is 10.8. The van der Waals surface area contributed by atoms with E-state index in [-0.39, 0.29) is 6.04 Å². The standard InChI is InChI=1S/C18H24N2O2/c1-3-22-13-12-20-18(14-15-8-10-19-11-9-15)16-4-6-17(21-2)7-5-16/h4-11,18,20H,3,12-14H2,1-2H3. The Morgan fingerprint density at radius 2 is 1.82 bits per heavy atom. The van der Waals surface area contributed by atoms with E-state index in [0.29, 0.717) is 0 Å². The number of hydrogen-bond donors (Lipinski definition) is 1. The Labute approximate surface area is 132 Å². The molecular formula is C18H24N2O2. The van der Waals surface area contributed by atoms with Gasteiger partial charge in [0.25, 0.3) is 0 Å². The third-order valence-corrected chi connectivity index (χ3v) is 3.55. The molecular weight excluding hydrogens is 276 g/mol. The highest BCUT2D eigenvalue weighted by atomic mass is 16.5. The van der Waals surface area contributed by atoms with Gasteiger partial charge in [0, 0.05) is 31.6 Å². The summed E-state index contributed by atoms with van der Waals surface area (Å²) in [6, 6.07) is 12.6. The van der Waals surface area contributed by atoms with E-state index in [1.807, 2.05) is 31.5 Å². The summed E-state index contributed by atoms with van der Waals surface area (Å²) < 4.78 is 10.6. The minimum atomic E-state index is 0.244. The molecule has 0 radical (unpaired) electrons. The maximum atomic E-state index is 5.41. The van der Waals surface area contributed by atoms with Gasteiger partial charge in [-0.2, -0.15) is 0 Å². The van der Waals surface area contributed by atoms with Crippen molar-refractivity contribution < 1.29 is 9.47 Å². The van der Waals surface area contributed by atoms with Gasteiger partial charge in [-0.25, -0.2) is 0 Å². The fourth-order valence-electron chi connectivity index (χ4n) is 2.35. The van der Waals surface area contributed by atoms with Gasteiger partial charge in [0.2, 0.25) is 0 Å². The van der Waals surface area contributed by atoms with Gasteiger partial charge in [-0.3, -0.25) is 4.98 Å². The zero-order valence-electron chi connectivity index (χ0n) is 13.3.